The van der Waals surface area contributed by atoms with E-state index in [-0.39, 0.29) is 11.7 Å². The first-order chi connectivity index (χ1) is 10.2. The Morgan fingerprint density at radius 2 is 1.67 bits per heavy atom. The number of allylic oxidation sites excluding steroid dienone is 2. The molecule has 1 aliphatic carbocycles. The molecule has 0 saturated heterocycles. The fourth-order valence-electron chi connectivity index (χ4n) is 2.66. The summed E-state index contributed by atoms with van der Waals surface area (Å²) in [6, 6.07) is 18.5. The topological polar surface area (TPSA) is 29.1 Å². The third-order valence-corrected chi connectivity index (χ3v) is 4.39. The van der Waals surface area contributed by atoms with Crippen LogP contribution >= 0.6 is 22.6 Å². The van der Waals surface area contributed by atoms with Crippen molar-refractivity contribution in [1.29, 1.82) is 0 Å². The van der Waals surface area contributed by atoms with E-state index in [1.807, 2.05) is 30.3 Å². The molecule has 2 aromatic rings. The molecule has 3 rings (SSSR count). The van der Waals surface area contributed by atoms with Gasteiger partial charge in [-0.3, -0.25) is 4.79 Å². The molecule has 2 aromatic carbocycles. The maximum atomic E-state index is 12.0. The Bertz CT molecular complexity index is 661. The number of halogens is 1. The van der Waals surface area contributed by atoms with Gasteiger partial charge in [0.2, 0.25) is 0 Å². The average molecular weight is 389 g/mol. The summed E-state index contributed by atoms with van der Waals surface area (Å²) in [5, 5.41) is 3.38. The van der Waals surface area contributed by atoms with Gasteiger partial charge >= 0.3 is 0 Å². The molecule has 1 aliphatic rings. The first-order valence-electron chi connectivity index (χ1n) is 7.01. The number of rotatable bonds is 3. The number of hydrogen-bond donors (Lipinski definition) is 1. The van der Waals surface area contributed by atoms with Crippen LogP contribution in [0.2, 0.25) is 0 Å². The predicted molar refractivity (Wildman–Crippen MR) is 94.3 cm³/mol. The zero-order valence-electron chi connectivity index (χ0n) is 11.6. The highest BCUT2D eigenvalue weighted by Crippen LogP contribution is 2.31. The van der Waals surface area contributed by atoms with Gasteiger partial charge in [-0.1, -0.05) is 30.3 Å². The molecule has 0 fully saturated rings. The molecule has 2 nitrogen and oxygen atoms in total. The number of ketones is 1. The summed E-state index contributed by atoms with van der Waals surface area (Å²) in [4.78, 5) is 12.0. The molecule has 0 bridgehead atoms. The molecule has 106 valence electrons. The van der Waals surface area contributed by atoms with Gasteiger partial charge in [0.1, 0.15) is 0 Å². The van der Waals surface area contributed by atoms with Gasteiger partial charge in [-0.2, -0.15) is 0 Å². The third kappa shape index (κ3) is 3.73. The van der Waals surface area contributed by atoms with E-state index in [9.17, 15) is 4.79 Å². The molecule has 0 radical (unpaired) electrons. The Kier molecular flexibility index (Phi) is 4.39. The van der Waals surface area contributed by atoms with Crippen LogP contribution in [0.15, 0.2) is 66.4 Å². The van der Waals surface area contributed by atoms with Gasteiger partial charge in [-0.15, -0.1) is 0 Å². The number of anilines is 1. The summed E-state index contributed by atoms with van der Waals surface area (Å²) in [5.41, 5.74) is 3.27. The van der Waals surface area contributed by atoms with E-state index in [1.54, 1.807) is 6.08 Å². The molecule has 0 unspecified atom stereocenters. The molecular weight excluding hydrogens is 373 g/mol. The van der Waals surface area contributed by atoms with Crippen molar-refractivity contribution < 1.29 is 4.79 Å². The van der Waals surface area contributed by atoms with E-state index in [0.717, 1.165) is 17.8 Å². The maximum absolute atomic E-state index is 12.0. The van der Waals surface area contributed by atoms with Gasteiger partial charge in [-0.25, -0.2) is 0 Å². The number of carbonyl (C=O) groups excluding carboxylic acids is 1. The SMILES string of the molecule is O=C1C=C(Nc2ccc(I)cc2)C[C@@H](c2ccccc2)C1. The van der Waals surface area contributed by atoms with Crippen molar-refractivity contribution in [1.82, 2.24) is 0 Å². The average Bonchev–Trinajstić information content (AvgIpc) is 2.50. The lowest BCUT2D eigenvalue weighted by atomic mass is 9.85. The first-order valence-corrected chi connectivity index (χ1v) is 8.09. The van der Waals surface area contributed by atoms with Gasteiger partial charge in [0.15, 0.2) is 5.78 Å². The van der Waals surface area contributed by atoms with Gasteiger partial charge < -0.3 is 5.32 Å². The summed E-state index contributed by atoms with van der Waals surface area (Å²) in [5.74, 6) is 0.471. The van der Waals surface area contributed by atoms with Gasteiger partial charge in [0, 0.05) is 27.5 Å². The summed E-state index contributed by atoms with van der Waals surface area (Å²) in [7, 11) is 0. The number of hydrogen-bond acceptors (Lipinski definition) is 2. The molecule has 0 saturated carbocycles. The molecule has 0 amide bonds. The predicted octanol–water partition coefficient (Wildman–Crippen LogP) is 4.73. The van der Waals surface area contributed by atoms with Gasteiger partial charge in [0.05, 0.1) is 0 Å². The quantitative estimate of drug-likeness (QED) is 0.769. The van der Waals surface area contributed by atoms with Crippen LogP contribution in [0.1, 0.15) is 24.3 Å². The number of nitrogens with one attached hydrogen (secondary N) is 1. The summed E-state index contributed by atoms with van der Waals surface area (Å²) in [6.45, 7) is 0. The van der Waals surface area contributed by atoms with Crippen LogP contribution < -0.4 is 5.32 Å². The monoisotopic (exact) mass is 389 g/mol. The fraction of sp³-hybridized carbons (Fsp3) is 0.167. The van der Waals surface area contributed by atoms with Crippen molar-refractivity contribution in [3.8, 4) is 0 Å². The van der Waals surface area contributed by atoms with Gasteiger partial charge in [0.25, 0.3) is 0 Å². The minimum atomic E-state index is 0.197. The van der Waals surface area contributed by atoms with E-state index in [2.05, 4.69) is 52.2 Å². The van der Waals surface area contributed by atoms with Gasteiger partial charge in [-0.05, 0) is 64.8 Å². The minimum Gasteiger partial charge on any atom is -0.359 e. The van der Waals surface area contributed by atoms with Crippen LogP contribution in [-0.4, -0.2) is 5.78 Å². The highest BCUT2D eigenvalue weighted by Gasteiger charge is 2.22. The highest BCUT2D eigenvalue weighted by molar-refractivity contribution is 14.1. The van der Waals surface area contributed by atoms with E-state index in [1.165, 1.54) is 9.13 Å². The Morgan fingerprint density at radius 1 is 0.952 bits per heavy atom. The molecule has 21 heavy (non-hydrogen) atoms. The van der Waals surface area contributed by atoms with E-state index in [4.69, 9.17) is 0 Å². The molecule has 1 N–H and O–H groups in total. The van der Waals surface area contributed by atoms with Crippen LogP contribution in [0, 0.1) is 3.57 Å². The number of benzene rings is 2. The smallest absolute Gasteiger partial charge is 0.158 e. The van der Waals surface area contributed by atoms with Crippen molar-refractivity contribution in [3.05, 3.63) is 75.5 Å². The second-order valence-corrected chi connectivity index (χ2v) is 6.53. The van der Waals surface area contributed by atoms with Crippen LogP contribution in [0.5, 0.6) is 0 Å². The standard InChI is InChI=1S/C18H16INO/c19-15-6-8-16(9-7-15)20-17-10-14(11-18(21)12-17)13-4-2-1-3-5-13/h1-9,12,14,20H,10-11H2/t14-/m1/s1. The lowest BCUT2D eigenvalue weighted by molar-refractivity contribution is -0.115. The van der Waals surface area contributed by atoms with Crippen molar-refractivity contribution >= 4 is 34.1 Å². The second kappa shape index (κ2) is 6.43. The summed E-state index contributed by atoms with van der Waals surface area (Å²) >= 11 is 2.28. The minimum absolute atomic E-state index is 0.197. The first kappa shape index (κ1) is 14.3. The molecule has 3 heteroatoms. The molecule has 0 spiro atoms. The van der Waals surface area contributed by atoms with E-state index < -0.39 is 0 Å². The zero-order chi connectivity index (χ0) is 14.7. The third-order valence-electron chi connectivity index (χ3n) is 3.67. The van der Waals surface area contributed by atoms with Crippen molar-refractivity contribution in [2.24, 2.45) is 0 Å². The second-order valence-electron chi connectivity index (χ2n) is 5.28. The highest BCUT2D eigenvalue weighted by atomic mass is 127. The Morgan fingerprint density at radius 3 is 2.38 bits per heavy atom. The molecule has 0 aromatic heterocycles. The molecule has 0 aliphatic heterocycles. The van der Waals surface area contributed by atoms with E-state index in [0.29, 0.717) is 6.42 Å². The molecule has 0 heterocycles. The van der Waals surface area contributed by atoms with Crippen molar-refractivity contribution in [2.75, 3.05) is 5.32 Å². The molecule has 1 atom stereocenters. The van der Waals surface area contributed by atoms with Crippen LogP contribution in [0.3, 0.4) is 0 Å². The van der Waals surface area contributed by atoms with Crippen LogP contribution in [0.4, 0.5) is 5.69 Å². The lowest BCUT2D eigenvalue weighted by Gasteiger charge is -2.23. The van der Waals surface area contributed by atoms with Crippen LogP contribution in [-0.2, 0) is 4.79 Å². The van der Waals surface area contributed by atoms with Crippen LogP contribution in [0.25, 0.3) is 0 Å². The number of carbonyl (C=O) groups is 1. The zero-order valence-corrected chi connectivity index (χ0v) is 13.7. The maximum Gasteiger partial charge on any atom is 0.158 e. The summed E-state index contributed by atoms with van der Waals surface area (Å²) < 4.78 is 1.20. The Balaban J connectivity index is 1.76. The molecular formula is C18H16INO. The normalized spacial score (nSPS) is 18.2. The van der Waals surface area contributed by atoms with Crippen molar-refractivity contribution in [2.45, 2.75) is 18.8 Å². The van der Waals surface area contributed by atoms with Crippen molar-refractivity contribution in [3.63, 3.8) is 0 Å². The largest absolute Gasteiger partial charge is 0.359 e. The van der Waals surface area contributed by atoms with E-state index >= 15 is 0 Å². The lowest BCUT2D eigenvalue weighted by Crippen LogP contribution is -2.16. The fourth-order valence-corrected chi connectivity index (χ4v) is 3.02. The summed E-state index contributed by atoms with van der Waals surface area (Å²) in [6.07, 6.45) is 3.22. The Hall–Kier alpha value is -1.62. The Labute approximate surface area is 138 Å².